The van der Waals surface area contributed by atoms with Crippen LogP contribution in [-0.4, -0.2) is 30.6 Å². The molecule has 4 heteroatoms. The number of ether oxygens (including phenoxy) is 1. The summed E-state index contributed by atoms with van der Waals surface area (Å²) in [5.41, 5.74) is 0. The fourth-order valence-electron chi connectivity index (χ4n) is 1.15. The van der Waals surface area contributed by atoms with Crippen LogP contribution in [-0.2, 0) is 14.3 Å². The molecule has 0 heterocycles. The fourth-order valence-corrected chi connectivity index (χ4v) is 1.15. The smallest absolute Gasteiger partial charge is 0.310 e. The highest BCUT2D eigenvalue weighted by Crippen LogP contribution is 2.11. The Kier molecular flexibility index (Phi) is 6.14. The van der Waals surface area contributed by atoms with Crippen LogP contribution in [0.3, 0.4) is 0 Å². The number of carboxylic acids is 1. The zero-order valence-corrected chi connectivity index (χ0v) is 8.08. The zero-order chi connectivity index (χ0) is 10.3. The average Bonchev–Trinajstić information content (AvgIpc) is 2.04. The van der Waals surface area contributed by atoms with Crippen molar-refractivity contribution in [1.82, 2.24) is 0 Å². The van der Waals surface area contributed by atoms with Gasteiger partial charge in [0.15, 0.2) is 0 Å². The number of carboxylic acid groups (broad SMARTS) is 1. The van der Waals surface area contributed by atoms with Crippen LogP contribution >= 0.6 is 0 Å². The van der Waals surface area contributed by atoms with E-state index in [1.165, 1.54) is 0 Å². The molecule has 0 fully saturated rings. The van der Waals surface area contributed by atoms with Crippen molar-refractivity contribution in [3.63, 3.8) is 0 Å². The third-order valence-electron chi connectivity index (χ3n) is 1.94. The molecule has 0 aliphatic carbocycles. The Morgan fingerprint density at radius 2 is 2.08 bits per heavy atom. The SMILES string of the molecule is CCC(CCOC)C(=O)CC(=O)O. The molecule has 1 N–H and O–H groups in total. The first-order chi connectivity index (χ1) is 6.11. The van der Waals surface area contributed by atoms with E-state index in [-0.39, 0.29) is 18.1 Å². The van der Waals surface area contributed by atoms with E-state index in [2.05, 4.69) is 0 Å². The van der Waals surface area contributed by atoms with Gasteiger partial charge in [-0.25, -0.2) is 0 Å². The van der Waals surface area contributed by atoms with Gasteiger partial charge in [0.2, 0.25) is 0 Å². The van der Waals surface area contributed by atoms with Gasteiger partial charge in [0.1, 0.15) is 12.2 Å². The van der Waals surface area contributed by atoms with E-state index in [9.17, 15) is 9.59 Å². The number of Topliss-reactive ketones (excluding diaryl/α,β-unsaturated/α-hetero) is 1. The highest BCUT2D eigenvalue weighted by molar-refractivity contribution is 5.95. The molecule has 0 aromatic rings. The molecule has 0 spiro atoms. The molecule has 0 bridgehead atoms. The van der Waals surface area contributed by atoms with Crippen molar-refractivity contribution in [3.05, 3.63) is 0 Å². The second-order valence-corrected chi connectivity index (χ2v) is 2.92. The lowest BCUT2D eigenvalue weighted by Crippen LogP contribution is -2.18. The first-order valence-corrected chi connectivity index (χ1v) is 4.35. The summed E-state index contributed by atoms with van der Waals surface area (Å²) in [5, 5.41) is 8.40. The predicted molar refractivity (Wildman–Crippen MR) is 47.5 cm³/mol. The molecule has 0 rings (SSSR count). The molecule has 1 unspecified atom stereocenters. The van der Waals surface area contributed by atoms with Crippen molar-refractivity contribution < 1.29 is 19.4 Å². The zero-order valence-electron chi connectivity index (χ0n) is 8.08. The second kappa shape index (κ2) is 6.60. The van der Waals surface area contributed by atoms with Gasteiger partial charge in [0, 0.05) is 19.6 Å². The van der Waals surface area contributed by atoms with E-state index in [0.717, 1.165) is 0 Å². The van der Waals surface area contributed by atoms with E-state index in [0.29, 0.717) is 19.4 Å². The molecule has 0 aliphatic heterocycles. The summed E-state index contributed by atoms with van der Waals surface area (Å²) in [6, 6.07) is 0. The normalized spacial score (nSPS) is 12.5. The topological polar surface area (TPSA) is 63.6 Å². The molecule has 1 atom stereocenters. The first kappa shape index (κ1) is 12.1. The minimum atomic E-state index is -1.05. The standard InChI is InChI=1S/C9H16O4/c1-3-7(4-5-13-2)8(10)6-9(11)12/h7H,3-6H2,1-2H3,(H,11,12). The molecule has 0 amide bonds. The third-order valence-corrected chi connectivity index (χ3v) is 1.94. The molecule has 0 saturated carbocycles. The van der Waals surface area contributed by atoms with E-state index in [4.69, 9.17) is 9.84 Å². The van der Waals surface area contributed by atoms with Crippen molar-refractivity contribution >= 4 is 11.8 Å². The van der Waals surface area contributed by atoms with Crippen LogP contribution < -0.4 is 0 Å². The molecule has 0 saturated heterocycles. The van der Waals surface area contributed by atoms with Gasteiger partial charge >= 0.3 is 5.97 Å². The maximum Gasteiger partial charge on any atom is 0.310 e. The van der Waals surface area contributed by atoms with Crippen LogP contribution in [0.5, 0.6) is 0 Å². The van der Waals surface area contributed by atoms with Crippen LogP contribution in [0, 0.1) is 5.92 Å². The Balaban J connectivity index is 3.91. The minimum absolute atomic E-state index is 0.170. The van der Waals surface area contributed by atoms with Gasteiger partial charge in [-0.2, -0.15) is 0 Å². The molecule has 4 nitrogen and oxygen atoms in total. The number of ketones is 1. The lowest BCUT2D eigenvalue weighted by Gasteiger charge is -2.11. The molecule has 0 aromatic heterocycles. The Bertz CT molecular complexity index is 176. The van der Waals surface area contributed by atoms with E-state index >= 15 is 0 Å². The fraction of sp³-hybridized carbons (Fsp3) is 0.778. The van der Waals surface area contributed by atoms with Crippen molar-refractivity contribution in [3.8, 4) is 0 Å². The number of hydrogen-bond acceptors (Lipinski definition) is 3. The van der Waals surface area contributed by atoms with E-state index in [1.54, 1.807) is 7.11 Å². The summed E-state index contributed by atoms with van der Waals surface area (Å²) in [4.78, 5) is 21.5. The summed E-state index contributed by atoms with van der Waals surface area (Å²) >= 11 is 0. The van der Waals surface area contributed by atoms with E-state index in [1.807, 2.05) is 6.92 Å². The maximum absolute atomic E-state index is 11.3. The van der Waals surface area contributed by atoms with Crippen molar-refractivity contribution in [2.24, 2.45) is 5.92 Å². The summed E-state index contributed by atoms with van der Waals surface area (Å²) < 4.78 is 4.83. The highest BCUT2D eigenvalue weighted by Gasteiger charge is 2.18. The van der Waals surface area contributed by atoms with Crippen molar-refractivity contribution in [1.29, 1.82) is 0 Å². The van der Waals surface area contributed by atoms with Crippen molar-refractivity contribution in [2.75, 3.05) is 13.7 Å². The van der Waals surface area contributed by atoms with Gasteiger partial charge in [-0.15, -0.1) is 0 Å². The number of aliphatic carboxylic acids is 1. The summed E-state index contributed by atoms with van der Waals surface area (Å²) in [7, 11) is 1.56. The van der Waals surface area contributed by atoms with Crippen molar-refractivity contribution in [2.45, 2.75) is 26.2 Å². The quantitative estimate of drug-likeness (QED) is 0.607. The van der Waals surface area contributed by atoms with E-state index < -0.39 is 5.97 Å². The molecule has 0 aromatic carbocycles. The van der Waals surface area contributed by atoms with Crippen LogP contribution in [0.25, 0.3) is 0 Å². The maximum atomic E-state index is 11.3. The van der Waals surface area contributed by atoms with Gasteiger partial charge in [-0.1, -0.05) is 6.92 Å². The third kappa shape index (κ3) is 5.36. The number of carbonyl (C=O) groups excluding carboxylic acids is 1. The van der Waals surface area contributed by atoms with Gasteiger partial charge in [0.25, 0.3) is 0 Å². The molecular formula is C9H16O4. The van der Waals surface area contributed by atoms with Gasteiger partial charge in [-0.3, -0.25) is 9.59 Å². The number of methoxy groups -OCH3 is 1. The molecule has 76 valence electrons. The predicted octanol–water partition coefficient (Wildman–Crippen LogP) is 1.09. The largest absolute Gasteiger partial charge is 0.481 e. The number of carbonyl (C=O) groups is 2. The van der Waals surface area contributed by atoms with Gasteiger partial charge in [0.05, 0.1) is 0 Å². The lowest BCUT2D eigenvalue weighted by atomic mass is 9.96. The summed E-state index contributed by atoms with van der Waals surface area (Å²) in [5.74, 6) is -1.43. The Labute approximate surface area is 77.9 Å². The Morgan fingerprint density at radius 3 is 2.46 bits per heavy atom. The molecule has 0 radical (unpaired) electrons. The Hall–Kier alpha value is -0.900. The molecule has 0 aliphatic rings. The highest BCUT2D eigenvalue weighted by atomic mass is 16.5. The minimum Gasteiger partial charge on any atom is -0.481 e. The second-order valence-electron chi connectivity index (χ2n) is 2.92. The van der Waals surface area contributed by atoms with Crippen LogP contribution in [0.1, 0.15) is 26.2 Å². The van der Waals surface area contributed by atoms with Gasteiger partial charge in [-0.05, 0) is 12.8 Å². The summed E-state index contributed by atoms with van der Waals surface area (Å²) in [6.07, 6.45) is 0.913. The van der Waals surface area contributed by atoms with Gasteiger partial charge < -0.3 is 9.84 Å². The monoisotopic (exact) mass is 188 g/mol. The number of hydrogen-bond donors (Lipinski definition) is 1. The summed E-state index contributed by atoms with van der Waals surface area (Å²) in [6.45, 7) is 2.38. The molecular weight excluding hydrogens is 172 g/mol. The van der Waals surface area contributed by atoms with Crippen LogP contribution in [0.2, 0.25) is 0 Å². The number of rotatable bonds is 7. The van der Waals surface area contributed by atoms with Crippen LogP contribution in [0.4, 0.5) is 0 Å². The lowest BCUT2D eigenvalue weighted by molar-refractivity contribution is -0.141. The first-order valence-electron chi connectivity index (χ1n) is 4.35. The average molecular weight is 188 g/mol. The van der Waals surface area contributed by atoms with Crippen LogP contribution in [0.15, 0.2) is 0 Å². The Morgan fingerprint density at radius 1 is 1.46 bits per heavy atom. The molecule has 13 heavy (non-hydrogen) atoms.